The van der Waals surface area contributed by atoms with Gasteiger partial charge >= 0.3 is 0 Å². The van der Waals surface area contributed by atoms with Gasteiger partial charge in [-0.05, 0) is 68.4 Å². The Morgan fingerprint density at radius 3 is 2.71 bits per heavy atom. The molecule has 0 bridgehead atoms. The third-order valence-corrected chi connectivity index (χ3v) is 6.08. The zero-order valence-electron chi connectivity index (χ0n) is 16.1. The summed E-state index contributed by atoms with van der Waals surface area (Å²) in [7, 11) is 4.19. The molecule has 4 nitrogen and oxygen atoms in total. The maximum Gasteiger partial charge on any atom is 0.254 e. The minimum Gasteiger partial charge on any atom is -0.357 e. The fourth-order valence-corrected chi connectivity index (χ4v) is 4.08. The first-order chi connectivity index (χ1) is 13.4. The molecule has 6 heteroatoms. The number of hydrogen-bond donors (Lipinski definition) is 1. The van der Waals surface area contributed by atoms with Gasteiger partial charge in [-0.2, -0.15) is 0 Å². The van der Waals surface area contributed by atoms with E-state index in [1.54, 1.807) is 18.2 Å². The molecular formula is C22H23Cl2N3O. The number of fused-ring (bicyclic) bond motifs is 3. The van der Waals surface area contributed by atoms with Crippen molar-refractivity contribution in [1.29, 1.82) is 0 Å². The number of benzene rings is 2. The van der Waals surface area contributed by atoms with E-state index in [1.807, 2.05) is 4.90 Å². The Bertz CT molecular complexity index is 1040. The van der Waals surface area contributed by atoms with Gasteiger partial charge in [-0.15, -0.1) is 0 Å². The molecule has 2 aromatic carbocycles. The second-order valence-corrected chi connectivity index (χ2v) is 8.44. The van der Waals surface area contributed by atoms with Crippen molar-refractivity contribution in [2.24, 2.45) is 0 Å². The van der Waals surface area contributed by atoms with E-state index in [-0.39, 0.29) is 5.91 Å². The van der Waals surface area contributed by atoms with E-state index in [0.717, 1.165) is 30.6 Å². The van der Waals surface area contributed by atoms with E-state index in [0.29, 0.717) is 28.7 Å². The number of rotatable bonds is 4. The van der Waals surface area contributed by atoms with Crippen LogP contribution >= 0.6 is 23.2 Å². The van der Waals surface area contributed by atoms with Crippen molar-refractivity contribution in [2.45, 2.75) is 19.4 Å². The first kappa shape index (κ1) is 19.3. The summed E-state index contributed by atoms with van der Waals surface area (Å²) in [5, 5.41) is 2.15. The van der Waals surface area contributed by atoms with Gasteiger partial charge in [-0.25, -0.2) is 0 Å². The van der Waals surface area contributed by atoms with Crippen LogP contribution in [0.15, 0.2) is 36.4 Å². The fraction of sp³-hybridized carbons (Fsp3) is 0.318. The number of carbonyl (C=O) groups excluding carboxylic acids is 1. The van der Waals surface area contributed by atoms with Gasteiger partial charge in [0.15, 0.2) is 0 Å². The van der Waals surface area contributed by atoms with Gasteiger partial charge in [0.2, 0.25) is 0 Å². The van der Waals surface area contributed by atoms with Gasteiger partial charge in [0.1, 0.15) is 0 Å². The zero-order valence-corrected chi connectivity index (χ0v) is 17.6. The highest BCUT2D eigenvalue weighted by atomic mass is 35.5. The van der Waals surface area contributed by atoms with Crippen LogP contribution in [0.1, 0.15) is 27.2 Å². The molecule has 0 aliphatic carbocycles. The molecule has 1 aliphatic heterocycles. The van der Waals surface area contributed by atoms with Gasteiger partial charge in [-0.1, -0.05) is 29.3 Å². The number of aromatic amines is 1. The molecule has 0 fully saturated rings. The Kier molecular flexibility index (Phi) is 5.37. The number of amides is 1. The number of hydrogen-bond acceptors (Lipinski definition) is 2. The van der Waals surface area contributed by atoms with Gasteiger partial charge in [0.25, 0.3) is 5.91 Å². The first-order valence-electron chi connectivity index (χ1n) is 9.44. The highest BCUT2D eigenvalue weighted by Crippen LogP contribution is 2.30. The van der Waals surface area contributed by atoms with Crippen LogP contribution in [0.3, 0.4) is 0 Å². The lowest BCUT2D eigenvalue weighted by Crippen LogP contribution is -2.35. The average Bonchev–Trinajstić information content (AvgIpc) is 3.05. The van der Waals surface area contributed by atoms with Gasteiger partial charge in [0, 0.05) is 35.2 Å². The van der Waals surface area contributed by atoms with Crippen LogP contribution in [0.25, 0.3) is 10.9 Å². The summed E-state index contributed by atoms with van der Waals surface area (Å²) in [5.41, 5.74) is 5.51. The van der Waals surface area contributed by atoms with E-state index < -0.39 is 0 Å². The molecular weight excluding hydrogens is 393 g/mol. The lowest BCUT2D eigenvalue weighted by atomic mass is 10.0. The van der Waals surface area contributed by atoms with Crippen molar-refractivity contribution in [3.8, 4) is 0 Å². The molecule has 0 atom stereocenters. The predicted molar refractivity (Wildman–Crippen MR) is 115 cm³/mol. The Morgan fingerprint density at radius 2 is 1.96 bits per heavy atom. The summed E-state index contributed by atoms with van der Waals surface area (Å²) in [6.45, 7) is 2.31. The molecule has 0 radical (unpaired) electrons. The second kappa shape index (κ2) is 7.78. The zero-order chi connectivity index (χ0) is 19.8. The Hall–Kier alpha value is -2.01. The van der Waals surface area contributed by atoms with E-state index in [1.165, 1.54) is 16.5 Å². The first-order valence-corrected chi connectivity index (χ1v) is 10.2. The number of nitrogens with zero attached hydrogens (tertiary/aromatic N) is 2. The standard InChI is InChI=1S/C22H23Cl2N3O/c1-26(2)9-7-14-3-6-20-17(11-14)16-8-10-27(13-21(16)25-20)22(28)15-4-5-18(23)19(24)12-15/h3-6,11-12,25H,7-10,13H2,1-2H3. The molecule has 146 valence electrons. The maximum atomic E-state index is 12.9. The molecule has 1 amide bonds. The largest absolute Gasteiger partial charge is 0.357 e. The third-order valence-electron chi connectivity index (χ3n) is 5.34. The van der Waals surface area contributed by atoms with Gasteiger partial charge in [0.05, 0.1) is 16.6 Å². The molecule has 28 heavy (non-hydrogen) atoms. The monoisotopic (exact) mass is 415 g/mol. The quantitative estimate of drug-likeness (QED) is 0.665. The van der Waals surface area contributed by atoms with Crippen molar-refractivity contribution in [3.63, 3.8) is 0 Å². The minimum absolute atomic E-state index is 0.0189. The van der Waals surface area contributed by atoms with E-state index in [2.05, 4.69) is 42.2 Å². The highest BCUT2D eigenvalue weighted by molar-refractivity contribution is 6.42. The highest BCUT2D eigenvalue weighted by Gasteiger charge is 2.25. The predicted octanol–water partition coefficient (Wildman–Crippen LogP) is 4.78. The maximum absolute atomic E-state index is 12.9. The molecule has 0 saturated carbocycles. The number of likely N-dealkylation sites (N-methyl/N-ethyl adjacent to an activating group) is 1. The van der Waals surface area contributed by atoms with Gasteiger partial charge in [-0.3, -0.25) is 4.79 Å². The average molecular weight is 416 g/mol. The van der Waals surface area contributed by atoms with Crippen molar-refractivity contribution >= 4 is 40.0 Å². The summed E-state index contributed by atoms with van der Waals surface area (Å²) in [4.78, 5) is 20.5. The Balaban J connectivity index is 1.57. The van der Waals surface area contributed by atoms with Crippen molar-refractivity contribution in [1.82, 2.24) is 14.8 Å². The van der Waals surface area contributed by atoms with Crippen LogP contribution in [0.2, 0.25) is 10.0 Å². The van der Waals surface area contributed by atoms with Crippen LogP contribution in [0, 0.1) is 0 Å². The van der Waals surface area contributed by atoms with Crippen LogP contribution in [0.4, 0.5) is 0 Å². The minimum atomic E-state index is -0.0189. The number of carbonyl (C=O) groups is 1. The summed E-state index contributed by atoms with van der Waals surface area (Å²) in [6.07, 6.45) is 1.88. The van der Waals surface area contributed by atoms with E-state index in [4.69, 9.17) is 23.2 Å². The van der Waals surface area contributed by atoms with E-state index >= 15 is 0 Å². The van der Waals surface area contributed by atoms with Gasteiger partial charge < -0.3 is 14.8 Å². The molecule has 0 unspecified atom stereocenters. The van der Waals surface area contributed by atoms with Crippen LogP contribution < -0.4 is 0 Å². The number of H-pyrrole nitrogens is 1. The molecule has 1 N–H and O–H groups in total. The van der Waals surface area contributed by atoms with Crippen LogP contribution in [-0.4, -0.2) is 47.9 Å². The molecule has 3 aromatic rings. The fourth-order valence-electron chi connectivity index (χ4n) is 3.78. The summed E-state index contributed by atoms with van der Waals surface area (Å²) >= 11 is 12.1. The number of nitrogens with one attached hydrogen (secondary N) is 1. The lowest BCUT2D eigenvalue weighted by Gasteiger charge is -2.27. The molecule has 4 rings (SSSR count). The lowest BCUT2D eigenvalue weighted by molar-refractivity contribution is 0.0733. The number of aromatic nitrogens is 1. The third kappa shape index (κ3) is 3.77. The Morgan fingerprint density at radius 1 is 1.14 bits per heavy atom. The summed E-state index contributed by atoms with van der Waals surface area (Å²) in [6, 6.07) is 11.7. The second-order valence-electron chi connectivity index (χ2n) is 7.62. The smallest absolute Gasteiger partial charge is 0.254 e. The van der Waals surface area contributed by atoms with Crippen LogP contribution in [-0.2, 0) is 19.4 Å². The normalized spacial score (nSPS) is 14.0. The SMILES string of the molecule is CN(C)CCc1ccc2[nH]c3c(c2c1)CCN(C(=O)c1ccc(Cl)c(Cl)c1)C3. The van der Waals surface area contributed by atoms with Crippen molar-refractivity contribution in [3.05, 3.63) is 68.8 Å². The number of halogens is 2. The molecule has 0 saturated heterocycles. The van der Waals surface area contributed by atoms with E-state index in [9.17, 15) is 4.79 Å². The molecule has 1 aliphatic rings. The van der Waals surface area contributed by atoms with Crippen LogP contribution in [0.5, 0.6) is 0 Å². The summed E-state index contributed by atoms with van der Waals surface area (Å²) < 4.78 is 0. The topological polar surface area (TPSA) is 39.3 Å². The van der Waals surface area contributed by atoms with Crippen molar-refractivity contribution in [2.75, 3.05) is 27.2 Å². The Labute approximate surface area is 175 Å². The molecule has 2 heterocycles. The molecule has 1 aromatic heterocycles. The molecule has 0 spiro atoms. The summed E-state index contributed by atoms with van der Waals surface area (Å²) in [5.74, 6) is -0.0189. The van der Waals surface area contributed by atoms with Crippen molar-refractivity contribution < 1.29 is 4.79 Å².